The average molecular weight is 225 g/mol. The van der Waals surface area contributed by atoms with Gasteiger partial charge in [-0.25, -0.2) is 5.12 Å². The number of fused-ring (bicyclic) bond motifs is 1. The molecule has 1 aliphatic rings. The Morgan fingerprint density at radius 3 is 2.94 bits per heavy atom. The van der Waals surface area contributed by atoms with Gasteiger partial charge in [-0.3, -0.25) is 14.9 Å². The van der Waals surface area contributed by atoms with E-state index in [-0.39, 0.29) is 29.5 Å². The minimum Gasteiger partial charge on any atom is -0.350 e. The SMILES string of the molecule is O=C1NCCN(F)c2c1cccc2[N+](=O)[O-]. The van der Waals surface area contributed by atoms with Crippen molar-refractivity contribution in [3.05, 3.63) is 33.9 Å². The second-order valence-corrected chi connectivity index (χ2v) is 3.27. The number of amides is 1. The number of rotatable bonds is 1. The number of halogens is 1. The summed E-state index contributed by atoms with van der Waals surface area (Å²) in [5.74, 6) is -0.501. The van der Waals surface area contributed by atoms with Crippen LogP contribution >= 0.6 is 0 Å². The van der Waals surface area contributed by atoms with Gasteiger partial charge in [0.05, 0.1) is 17.0 Å². The van der Waals surface area contributed by atoms with E-state index in [1.54, 1.807) is 0 Å². The number of hydrogen-bond acceptors (Lipinski definition) is 4. The third-order valence-corrected chi connectivity index (χ3v) is 2.29. The van der Waals surface area contributed by atoms with Gasteiger partial charge >= 0.3 is 0 Å². The molecule has 1 N–H and O–H groups in total. The second-order valence-electron chi connectivity index (χ2n) is 3.27. The van der Waals surface area contributed by atoms with E-state index in [1.165, 1.54) is 18.2 Å². The largest absolute Gasteiger partial charge is 0.350 e. The summed E-state index contributed by atoms with van der Waals surface area (Å²) < 4.78 is 13.6. The quantitative estimate of drug-likeness (QED) is 0.440. The van der Waals surface area contributed by atoms with Crippen molar-refractivity contribution in [3.8, 4) is 0 Å². The Hall–Kier alpha value is -2.18. The van der Waals surface area contributed by atoms with Gasteiger partial charge in [-0.15, -0.1) is 0 Å². The average Bonchev–Trinajstić information content (AvgIpc) is 2.40. The fraction of sp³-hybridized carbons (Fsp3) is 0.222. The van der Waals surface area contributed by atoms with E-state index in [2.05, 4.69) is 5.32 Å². The molecule has 0 bridgehead atoms. The number of anilines is 1. The maximum atomic E-state index is 13.6. The van der Waals surface area contributed by atoms with Crippen molar-refractivity contribution in [1.29, 1.82) is 0 Å². The number of nitrogens with one attached hydrogen (secondary N) is 1. The van der Waals surface area contributed by atoms with Crippen molar-refractivity contribution in [2.24, 2.45) is 0 Å². The molecule has 2 rings (SSSR count). The highest BCUT2D eigenvalue weighted by molar-refractivity contribution is 6.02. The van der Waals surface area contributed by atoms with Crippen molar-refractivity contribution in [1.82, 2.24) is 5.32 Å². The third kappa shape index (κ3) is 1.56. The fourth-order valence-corrected chi connectivity index (χ4v) is 1.59. The number of carbonyl (C=O) groups is 1. The predicted molar refractivity (Wildman–Crippen MR) is 53.9 cm³/mol. The van der Waals surface area contributed by atoms with Crippen molar-refractivity contribution in [3.63, 3.8) is 0 Å². The van der Waals surface area contributed by atoms with Crippen LogP contribution in [0.5, 0.6) is 0 Å². The van der Waals surface area contributed by atoms with Gasteiger partial charge in [-0.05, 0) is 6.07 Å². The lowest BCUT2D eigenvalue weighted by atomic mass is 10.1. The third-order valence-electron chi connectivity index (χ3n) is 2.29. The molecule has 0 aromatic heterocycles. The van der Waals surface area contributed by atoms with Gasteiger partial charge in [0.2, 0.25) is 0 Å². The molecule has 0 fully saturated rings. The molecule has 16 heavy (non-hydrogen) atoms. The van der Waals surface area contributed by atoms with E-state index in [9.17, 15) is 19.4 Å². The van der Waals surface area contributed by atoms with Crippen LogP contribution < -0.4 is 10.4 Å². The smallest absolute Gasteiger partial charge is 0.295 e. The summed E-state index contributed by atoms with van der Waals surface area (Å²) in [6.07, 6.45) is 0. The molecule has 84 valence electrons. The van der Waals surface area contributed by atoms with Crippen LogP contribution in [0.4, 0.5) is 15.9 Å². The highest BCUT2D eigenvalue weighted by Crippen LogP contribution is 2.33. The van der Waals surface area contributed by atoms with Crippen LogP contribution in [0.15, 0.2) is 18.2 Å². The van der Waals surface area contributed by atoms with Gasteiger partial charge in [-0.2, -0.15) is 0 Å². The summed E-state index contributed by atoms with van der Waals surface area (Å²) in [6, 6.07) is 3.88. The Balaban J connectivity index is 2.65. The van der Waals surface area contributed by atoms with E-state index in [1.807, 2.05) is 0 Å². The van der Waals surface area contributed by atoms with Gasteiger partial charge < -0.3 is 5.32 Å². The Kier molecular flexibility index (Phi) is 2.43. The molecule has 0 saturated carbocycles. The zero-order valence-corrected chi connectivity index (χ0v) is 8.14. The lowest BCUT2D eigenvalue weighted by Crippen LogP contribution is -2.26. The van der Waals surface area contributed by atoms with Gasteiger partial charge in [0.25, 0.3) is 11.6 Å². The number of hydrogen-bond donors (Lipinski definition) is 1. The van der Waals surface area contributed by atoms with Gasteiger partial charge in [0.15, 0.2) is 5.69 Å². The zero-order valence-electron chi connectivity index (χ0n) is 8.14. The molecule has 1 aromatic carbocycles. The summed E-state index contributed by atoms with van der Waals surface area (Å²) in [6.45, 7) is 0.00472. The highest BCUT2D eigenvalue weighted by atomic mass is 19.2. The molecule has 0 radical (unpaired) electrons. The lowest BCUT2D eigenvalue weighted by Gasteiger charge is -2.11. The summed E-state index contributed by atoms with van der Waals surface area (Å²) in [5.41, 5.74) is -0.700. The fourth-order valence-electron chi connectivity index (χ4n) is 1.59. The van der Waals surface area contributed by atoms with Gasteiger partial charge in [-0.1, -0.05) is 10.5 Å². The zero-order chi connectivity index (χ0) is 11.7. The van der Waals surface area contributed by atoms with Crippen molar-refractivity contribution in [2.45, 2.75) is 0 Å². The highest BCUT2D eigenvalue weighted by Gasteiger charge is 2.28. The van der Waals surface area contributed by atoms with Crippen LogP contribution in [0, 0.1) is 10.1 Å². The Bertz CT molecular complexity index is 463. The van der Waals surface area contributed by atoms with Crippen molar-refractivity contribution >= 4 is 17.3 Å². The number of carbonyl (C=O) groups excluding carboxylic acids is 1. The Morgan fingerprint density at radius 1 is 1.50 bits per heavy atom. The first kappa shape index (κ1) is 10.3. The van der Waals surface area contributed by atoms with Crippen LogP contribution in [0.2, 0.25) is 0 Å². The maximum absolute atomic E-state index is 13.6. The van der Waals surface area contributed by atoms with Crippen LogP contribution in [0.3, 0.4) is 0 Å². The monoisotopic (exact) mass is 225 g/mol. The molecule has 0 saturated heterocycles. The molecule has 0 atom stereocenters. The van der Waals surface area contributed by atoms with Crippen LogP contribution in [-0.2, 0) is 0 Å². The van der Waals surface area contributed by atoms with E-state index in [0.717, 1.165) is 0 Å². The molecule has 1 aromatic rings. The molecule has 0 aliphatic carbocycles. The van der Waals surface area contributed by atoms with E-state index < -0.39 is 16.5 Å². The number of nitro groups is 1. The van der Waals surface area contributed by atoms with Crippen LogP contribution in [0.25, 0.3) is 0 Å². The number of para-hydroxylation sites is 1. The van der Waals surface area contributed by atoms with Gasteiger partial charge in [0.1, 0.15) is 0 Å². The van der Waals surface area contributed by atoms with Crippen molar-refractivity contribution < 1.29 is 14.2 Å². The predicted octanol–water partition coefficient (Wildman–Crippen LogP) is 1.03. The number of nitro benzene ring substituents is 1. The van der Waals surface area contributed by atoms with E-state index >= 15 is 0 Å². The minimum atomic E-state index is -0.704. The molecular weight excluding hydrogens is 217 g/mol. The summed E-state index contributed by atoms with van der Waals surface area (Å²) in [7, 11) is 0. The van der Waals surface area contributed by atoms with Crippen LogP contribution in [0.1, 0.15) is 10.4 Å². The molecule has 1 aliphatic heterocycles. The van der Waals surface area contributed by atoms with Gasteiger partial charge in [0, 0.05) is 12.6 Å². The molecule has 1 heterocycles. The first-order chi connectivity index (χ1) is 7.61. The normalized spacial score (nSPS) is 15.1. The maximum Gasteiger partial charge on any atom is 0.295 e. The summed E-state index contributed by atoms with van der Waals surface area (Å²) in [5, 5.41) is 13.4. The molecule has 7 heteroatoms. The summed E-state index contributed by atoms with van der Waals surface area (Å²) >= 11 is 0. The second kappa shape index (κ2) is 3.76. The van der Waals surface area contributed by atoms with Crippen molar-refractivity contribution in [2.75, 3.05) is 18.2 Å². The number of nitrogens with zero attached hydrogens (tertiary/aromatic N) is 2. The molecule has 0 spiro atoms. The number of benzene rings is 1. The first-order valence-corrected chi connectivity index (χ1v) is 4.60. The first-order valence-electron chi connectivity index (χ1n) is 4.60. The molecular formula is C9H8FN3O3. The van der Waals surface area contributed by atoms with E-state index in [4.69, 9.17) is 0 Å². The molecule has 1 amide bonds. The van der Waals surface area contributed by atoms with E-state index in [0.29, 0.717) is 0 Å². The minimum absolute atomic E-state index is 0.0193. The molecule has 6 nitrogen and oxygen atoms in total. The topological polar surface area (TPSA) is 75.5 Å². The standard InChI is InChI=1S/C9H8FN3O3/c10-12-5-4-11-9(14)6-2-1-3-7(8(6)12)13(15)16/h1-3H,4-5H2,(H,11,14). The molecule has 0 unspecified atom stereocenters. The lowest BCUT2D eigenvalue weighted by molar-refractivity contribution is -0.384. The summed E-state index contributed by atoms with van der Waals surface area (Å²) in [4.78, 5) is 21.5. The van der Waals surface area contributed by atoms with Crippen LogP contribution in [-0.4, -0.2) is 23.9 Å². The Labute approximate surface area is 89.7 Å². The Morgan fingerprint density at radius 2 is 2.25 bits per heavy atom.